The summed E-state index contributed by atoms with van der Waals surface area (Å²) in [5.41, 5.74) is 2.49. The van der Waals surface area contributed by atoms with Crippen molar-refractivity contribution in [3.63, 3.8) is 0 Å². The van der Waals surface area contributed by atoms with Crippen molar-refractivity contribution in [1.29, 1.82) is 0 Å². The second-order valence-electron chi connectivity index (χ2n) is 4.59. The van der Waals surface area contributed by atoms with Gasteiger partial charge in [-0.3, -0.25) is 9.78 Å². The predicted octanol–water partition coefficient (Wildman–Crippen LogP) is 1.54. The Morgan fingerprint density at radius 1 is 1.45 bits per heavy atom. The molecule has 3 rings (SSSR count). The lowest BCUT2D eigenvalue weighted by atomic mass is 10.3. The first-order valence-corrected chi connectivity index (χ1v) is 7.24. The minimum absolute atomic E-state index is 0.0242. The largest absolute Gasteiger partial charge is 0.471 e. The van der Waals surface area contributed by atoms with E-state index < -0.39 is 0 Å². The van der Waals surface area contributed by atoms with Gasteiger partial charge in [-0.1, -0.05) is 0 Å². The van der Waals surface area contributed by atoms with E-state index in [1.807, 2.05) is 11.8 Å². The first kappa shape index (κ1) is 13.0. The molecule has 0 aliphatic carbocycles. The Labute approximate surface area is 120 Å². The highest BCUT2D eigenvalue weighted by Gasteiger charge is 2.30. The minimum Gasteiger partial charge on any atom is -0.471 e. The topological polar surface area (TPSA) is 68.2 Å². The molecular formula is C13H14N4O2S. The molecule has 7 heteroatoms. The number of carbonyl (C=O) groups excluding carboxylic acids is 1. The van der Waals surface area contributed by atoms with Crippen molar-refractivity contribution in [3.05, 3.63) is 34.7 Å². The quantitative estimate of drug-likeness (QED) is 0.857. The summed E-state index contributed by atoms with van der Waals surface area (Å²) in [5, 5.41) is 0. The Kier molecular flexibility index (Phi) is 3.60. The number of likely N-dealkylation sites (tertiary alicyclic amines) is 1. The molecule has 1 atom stereocenters. The Balaban J connectivity index is 1.62. The van der Waals surface area contributed by atoms with Gasteiger partial charge < -0.3 is 9.64 Å². The van der Waals surface area contributed by atoms with Crippen molar-refractivity contribution in [3.8, 4) is 5.88 Å². The summed E-state index contributed by atoms with van der Waals surface area (Å²) in [5.74, 6) is 0.538. The number of hydrogen-bond acceptors (Lipinski definition) is 6. The smallest absolute Gasteiger partial charge is 0.265 e. The Bertz CT molecular complexity index is 601. The van der Waals surface area contributed by atoms with Crippen LogP contribution in [0.15, 0.2) is 24.1 Å². The summed E-state index contributed by atoms with van der Waals surface area (Å²) in [4.78, 5) is 27.0. The highest BCUT2D eigenvalue weighted by molar-refractivity contribution is 7.11. The molecule has 1 aliphatic rings. The van der Waals surface area contributed by atoms with Gasteiger partial charge in [-0.15, -0.1) is 11.3 Å². The molecule has 0 saturated carbocycles. The van der Waals surface area contributed by atoms with Gasteiger partial charge >= 0.3 is 0 Å². The summed E-state index contributed by atoms with van der Waals surface area (Å²) in [6, 6.07) is 0. The minimum atomic E-state index is -0.0242. The second kappa shape index (κ2) is 5.54. The molecule has 1 unspecified atom stereocenters. The summed E-state index contributed by atoms with van der Waals surface area (Å²) in [6.07, 6.45) is 5.55. The molecule has 6 nitrogen and oxygen atoms in total. The number of aromatic nitrogens is 3. The number of thiazole rings is 1. The van der Waals surface area contributed by atoms with Crippen LogP contribution in [0.2, 0.25) is 0 Å². The maximum absolute atomic E-state index is 12.3. The first-order chi connectivity index (χ1) is 9.74. The number of amides is 1. The van der Waals surface area contributed by atoms with Crippen LogP contribution in [0.4, 0.5) is 0 Å². The normalized spacial score (nSPS) is 18.2. The molecular weight excluding hydrogens is 276 g/mol. The van der Waals surface area contributed by atoms with Gasteiger partial charge in [-0.25, -0.2) is 9.97 Å². The molecule has 1 saturated heterocycles. The van der Waals surface area contributed by atoms with Crippen molar-refractivity contribution in [2.45, 2.75) is 19.4 Å². The first-order valence-electron chi connectivity index (χ1n) is 6.36. The molecule has 104 valence electrons. The van der Waals surface area contributed by atoms with Crippen LogP contribution >= 0.6 is 11.3 Å². The van der Waals surface area contributed by atoms with E-state index in [-0.39, 0.29) is 12.0 Å². The fourth-order valence-electron chi connectivity index (χ4n) is 2.18. The Morgan fingerprint density at radius 2 is 2.35 bits per heavy atom. The molecule has 0 bridgehead atoms. The zero-order valence-corrected chi connectivity index (χ0v) is 11.8. The van der Waals surface area contributed by atoms with E-state index in [1.165, 1.54) is 11.3 Å². The molecule has 1 fully saturated rings. The fourth-order valence-corrected chi connectivity index (χ4v) is 2.95. The van der Waals surface area contributed by atoms with Gasteiger partial charge in [0.15, 0.2) is 0 Å². The third kappa shape index (κ3) is 2.62. The van der Waals surface area contributed by atoms with Crippen LogP contribution in [-0.2, 0) is 0 Å². The van der Waals surface area contributed by atoms with Crippen molar-refractivity contribution in [2.24, 2.45) is 0 Å². The monoisotopic (exact) mass is 290 g/mol. The Morgan fingerprint density at radius 3 is 3.05 bits per heavy atom. The summed E-state index contributed by atoms with van der Waals surface area (Å²) < 4.78 is 5.72. The van der Waals surface area contributed by atoms with Crippen LogP contribution in [0.25, 0.3) is 0 Å². The predicted molar refractivity (Wildman–Crippen MR) is 73.8 cm³/mol. The van der Waals surface area contributed by atoms with E-state index in [4.69, 9.17) is 4.74 Å². The number of aryl methyl sites for hydroxylation is 1. The Hall–Kier alpha value is -2.02. The highest BCUT2D eigenvalue weighted by atomic mass is 32.1. The highest BCUT2D eigenvalue weighted by Crippen LogP contribution is 2.21. The molecule has 2 aromatic rings. The number of carbonyl (C=O) groups is 1. The van der Waals surface area contributed by atoms with Gasteiger partial charge in [-0.05, 0) is 6.92 Å². The van der Waals surface area contributed by atoms with Crippen molar-refractivity contribution in [1.82, 2.24) is 19.9 Å². The second-order valence-corrected chi connectivity index (χ2v) is 5.45. The lowest BCUT2D eigenvalue weighted by Gasteiger charge is -2.16. The molecule has 2 aromatic heterocycles. The zero-order valence-electron chi connectivity index (χ0n) is 11.0. The summed E-state index contributed by atoms with van der Waals surface area (Å²) in [7, 11) is 0. The van der Waals surface area contributed by atoms with Crippen molar-refractivity contribution >= 4 is 17.2 Å². The molecule has 1 amide bonds. The maximum Gasteiger partial charge on any atom is 0.265 e. The van der Waals surface area contributed by atoms with E-state index in [0.717, 1.165) is 12.1 Å². The number of ether oxygens (including phenoxy) is 1. The van der Waals surface area contributed by atoms with Gasteiger partial charge in [-0.2, -0.15) is 0 Å². The maximum atomic E-state index is 12.3. The molecule has 0 radical (unpaired) electrons. The standard InChI is InChI=1S/C13H14N4O2S/c1-9-12(20-8-16-9)13(18)17-5-2-10(7-17)19-11-6-14-3-4-15-11/h3-4,6,8,10H,2,5,7H2,1H3. The summed E-state index contributed by atoms with van der Waals surface area (Å²) in [6.45, 7) is 3.13. The van der Waals surface area contributed by atoms with E-state index in [0.29, 0.717) is 23.8 Å². The van der Waals surface area contributed by atoms with E-state index in [9.17, 15) is 4.79 Å². The van der Waals surface area contributed by atoms with Crippen LogP contribution in [0.5, 0.6) is 5.88 Å². The molecule has 0 spiro atoms. The van der Waals surface area contributed by atoms with Gasteiger partial charge in [0.25, 0.3) is 5.91 Å². The van der Waals surface area contributed by atoms with Gasteiger partial charge in [0.05, 0.1) is 23.9 Å². The third-order valence-electron chi connectivity index (χ3n) is 3.20. The van der Waals surface area contributed by atoms with E-state index in [2.05, 4.69) is 15.0 Å². The lowest BCUT2D eigenvalue weighted by molar-refractivity contribution is 0.0775. The SMILES string of the molecule is Cc1ncsc1C(=O)N1CCC(Oc2cnccn2)C1. The number of rotatable bonds is 3. The lowest BCUT2D eigenvalue weighted by Crippen LogP contribution is -2.30. The zero-order chi connectivity index (χ0) is 13.9. The number of hydrogen-bond donors (Lipinski definition) is 0. The molecule has 0 aromatic carbocycles. The van der Waals surface area contributed by atoms with Crippen molar-refractivity contribution in [2.75, 3.05) is 13.1 Å². The van der Waals surface area contributed by atoms with Gasteiger partial charge in [0.1, 0.15) is 11.0 Å². The van der Waals surface area contributed by atoms with Gasteiger partial charge in [0, 0.05) is 25.4 Å². The molecule has 1 aliphatic heterocycles. The molecule has 20 heavy (non-hydrogen) atoms. The average Bonchev–Trinajstić information content (AvgIpc) is 3.08. The molecule has 3 heterocycles. The van der Waals surface area contributed by atoms with Gasteiger partial charge in [0.2, 0.25) is 5.88 Å². The fraction of sp³-hybridized carbons (Fsp3) is 0.385. The van der Waals surface area contributed by atoms with Crippen LogP contribution in [0, 0.1) is 6.92 Å². The third-order valence-corrected chi connectivity index (χ3v) is 4.12. The van der Waals surface area contributed by atoms with Crippen LogP contribution in [0.3, 0.4) is 0 Å². The summed E-state index contributed by atoms with van der Waals surface area (Å²) >= 11 is 1.38. The van der Waals surface area contributed by atoms with E-state index in [1.54, 1.807) is 24.1 Å². The van der Waals surface area contributed by atoms with Crippen LogP contribution < -0.4 is 4.74 Å². The average molecular weight is 290 g/mol. The number of nitrogens with zero attached hydrogens (tertiary/aromatic N) is 4. The van der Waals surface area contributed by atoms with Crippen molar-refractivity contribution < 1.29 is 9.53 Å². The van der Waals surface area contributed by atoms with Crippen LogP contribution in [0.1, 0.15) is 21.8 Å². The van der Waals surface area contributed by atoms with Crippen LogP contribution in [-0.4, -0.2) is 45.0 Å². The molecule has 0 N–H and O–H groups in total. The van der Waals surface area contributed by atoms with E-state index >= 15 is 0 Å².